The summed E-state index contributed by atoms with van der Waals surface area (Å²) in [7, 11) is 0. The molecule has 2 amide bonds. The molecule has 0 aromatic heterocycles. The third kappa shape index (κ3) is 4.87. The number of nitrogens with one attached hydrogen (secondary N) is 1. The molecule has 0 unspecified atom stereocenters. The lowest BCUT2D eigenvalue weighted by molar-refractivity contribution is -0.137. The lowest BCUT2D eigenvalue weighted by Crippen LogP contribution is -2.25. The van der Waals surface area contributed by atoms with E-state index in [9.17, 15) is 22.8 Å². The standard InChI is InChI=1S/C20H19F3N2O2/c21-20(22,23)16-4-1-3-15(11-16)12-18(26)24-13-14-6-8-17(9-7-14)25-10-2-5-19(25)27/h1,3-4,6-9,11H,2,5,10,12-13H2,(H,24,26). The Hall–Kier alpha value is -2.83. The van der Waals surface area contributed by atoms with Crippen molar-refractivity contribution >= 4 is 17.5 Å². The average Bonchev–Trinajstić information content (AvgIpc) is 3.06. The highest BCUT2D eigenvalue weighted by molar-refractivity contribution is 5.95. The Labute approximate surface area is 155 Å². The highest BCUT2D eigenvalue weighted by Gasteiger charge is 2.30. The molecule has 1 fully saturated rings. The van der Waals surface area contributed by atoms with Gasteiger partial charge in [0, 0.05) is 25.2 Å². The Kier molecular flexibility index (Phi) is 5.48. The summed E-state index contributed by atoms with van der Waals surface area (Å²) >= 11 is 0. The Balaban J connectivity index is 1.54. The van der Waals surface area contributed by atoms with Gasteiger partial charge in [-0.1, -0.05) is 30.3 Å². The largest absolute Gasteiger partial charge is 0.416 e. The van der Waals surface area contributed by atoms with Crippen LogP contribution in [0.25, 0.3) is 0 Å². The van der Waals surface area contributed by atoms with Crippen LogP contribution in [-0.4, -0.2) is 18.4 Å². The topological polar surface area (TPSA) is 49.4 Å². The molecule has 3 rings (SSSR count). The summed E-state index contributed by atoms with van der Waals surface area (Å²) < 4.78 is 38.2. The van der Waals surface area contributed by atoms with E-state index in [0.29, 0.717) is 18.5 Å². The van der Waals surface area contributed by atoms with E-state index in [2.05, 4.69) is 5.32 Å². The second-order valence-corrected chi connectivity index (χ2v) is 6.47. The molecule has 7 heteroatoms. The van der Waals surface area contributed by atoms with Gasteiger partial charge < -0.3 is 10.2 Å². The number of benzene rings is 2. The van der Waals surface area contributed by atoms with Crippen molar-refractivity contribution in [2.75, 3.05) is 11.4 Å². The minimum atomic E-state index is -4.43. The second kappa shape index (κ2) is 7.82. The van der Waals surface area contributed by atoms with E-state index in [1.807, 2.05) is 24.3 Å². The maximum Gasteiger partial charge on any atom is 0.416 e. The van der Waals surface area contributed by atoms with E-state index in [-0.39, 0.29) is 24.8 Å². The van der Waals surface area contributed by atoms with Crippen LogP contribution < -0.4 is 10.2 Å². The van der Waals surface area contributed by atoms with Crippen molar-refractivity contribution in [1.82, 2.24) is 5.32 Å². The van der Waals surface area contributed by atoms with E-state index in [4.69, 9.17) is 0 Å². The zero-order valence-electron chi connectivity index (χ0n) is 14.6. The highest BCUT2D eigenvalue weighted by Crippen LogP contribution is 2.29. The molecular formula is C20H19F3N2O2. The van der Waals surface area contributed by atoms with E-state index < -0.39 is 11.7 Å². The van der Waals surface area contributed by atoms with E-state index in [1.54, 1.807) is 4.90 Å². The molecule has 0 aliphatic carbocycles. The van der Waals surface area contributed by atoms with Gasteiger partial charge in [0.15, 0.2) is 0 Å². The quantitative estimate of drug-likeness (QED) is 0.865. The van der Waals surface area contributed by atoms with Gasteiger partial charge >= 0.3 is 6.18 Å². The van der Waals surface area contributed by atoms with Crippen LogP contribution >= 0.6 is 0 Å². The molecule has 0 bridgehead atoms. The van der Waals surface area contributed by atoms with Crippen LogP contribution in [0, 0.1) is 0 Å². The number of nitrogens with zero attached hydrogens (tertiary/aromatic N) is 1. The third-order valence-electron chi connectivity index (χ3n) is 4.43. The monoisotopic (exact) mass is 376 g/mol. The molecule has 0 atom stereocenters. The molecule has 1 heterocycles. The molecule has 0 radical (unpaired) electrons. The number of rotatable bonds is 5. The number of alkyl halides is 3. The van der Waals surface area contributed by atoms with Crippen LogP contribution in [0.4, 0.5) is 18.9 Å². The van der Waals surface area contributed by atoms with Crippen molar-refractivity contribution in [3.63, 3.8) is 0 Å². The van der Waals surface area contributed by atoms with Crippen molar-refractivity contribution in [1.29, 1.82) is 0 Å². The molecule has 2 aromatic rings. The Bertz CT molecular complexity index is 832. The number of anilines is 1. The van der Waals surface area contributed by atoms with Gasteiger partial charge in [0.25, 0.3) is 0 Å². The zero-order chi connectivity index (χ0) is 19.4. The van der Waals surface area contributed by atoms with E-state index in [0.717, 1.165) is 29.8 Å². The van der Waals surface area contributed by atoms with Crippen LogP contribution in [0.5, 0.6) is 0 Å². The van der Waals surface area contributed by atoms with Gasteiger partial charge in [-0.2, -0.15) is 13.2 Å². The number of amides is 2. The maximum absolute atomic E-state index is 12.7. The SMILES string of the molecule is O=C(Cc1cccc(C(F)(F)F)c1)NCc1ccc(N2CCCC2=O)cc1. The van der Waals surface area contributed by atoms with Gasteiger partial charge in [-0.25, -0.2) is 0 Å². The fourth-order valence-corrected chi connectivity index (χ4v) is 3.02. The first-order valence-corrected chi connectivity index (χ1v) is 8.65. The lowest BCUT2D eigenvalue weighted by atomic mass is 10.1. The number of carbonyl (C=O) groups excluding carboxylic acids is 2. The first-order valence-electron chi connectivity index (χ1n) is 8.65. The number of hydrogen-bond acceptors (Lipinski definition) is 2. The Morgan fingerprint density at radius 2 is 1.81 bits per heavy atom. The van der Waals surface area contributed by atoms with Gasteiger partial charge in [-0.3, -0.25) is 9.59 Å². The third-order valence-corrected chi connectivity index (χ3v) is 4.43. The molecule has 0 saturated carbocycles. The molecule has 2 aromatic carbocycles. The highest BCUT2D eigenvalue weighted by atomic mass is 19.4. The fourth-order valence-electron chi connectivity index (χ4n) is 3.02. The normalized spacial score (nSPS) is 14.5. The van der Waals surface area contributed by atoms with Gasteiger partial charge in [0.05, 0.1) is 12.0 Å². The molecular weight excluding hydrogens is 357 g/mol. The summed E-state index contributed by atoms with van der Waals surface area (Å²) in [6.45, 7) is 0.984. The molecule has 1 saturated heterocycles. The predicted molar refractivity (Wildman–Crippen MR) is 95.0 cm³/mol. The van der Waals surface area contributed by atoms with Gasteiger partial charge in [-0.15, -0.1) is 0 Å². The summed E-state index contributed by atoms with van der Waals surface area (Å²) in [6.07, 6.45) is -3.13. The molecule has 1 N–H and O–H groups in total. The summed E-state index contributed by atoms with van der Waals surface area (Å²) in [5.74, 6) is -0.245. The van der Waals surface area contributed by atoms with Crippen LogP contribution in [0.2, 0.25) is 0 Å². The van der Waals surface area contributed by atoms with Crippen molar-refractivity contribution in [3.8, 4) is 0 Å². The number of hydrogen-bond donors (Lipinski definition) is 1. The van der Waals surface area contributed by atoms with Crippen LogP contribution in [0.1, 0.15) is 29.5 Å². The second-order valence-electron chi connectivity index (χ2n) is 6.47. The van der Waals surface area contributed by atoms with Crippen LogP contribution in [0.15, 0.2) is 48.5 Å². The smallest absolute Gasteiger partial charge is 0.352 e. The zero-order valence-corrected chi connectivity index (χ0v) is 14.6. The summed E-state index contributed by atoms with van der Waals surface area (Å²) in [5, 5.41) is 2.70. The lowest BCUT2D eigenvalue weighted by Gasteiger charge is -2.16. The molecule has 1 aliphatic heterocycles. The average molecular weight is 376 g/mol. The van der Waals surface area contributed by atoms with Gasteiger partial charge in [0.1, 0.15) is 0 Å². The van der Waals surface area contributed by atoms with Gasteiger partial charge in [0.2, 0.25) is 11.8 Å². The van der Waals surface area contributed by atoms with Crippen molar-refractivity contribution < 1.29 is 22.8 Å². The maximum atomic E-state index is 12.7. The number of carbonyl (C=O) groups is 2. The Morgan fingerprint density at radius 3 is 2.44 bits per heavy atom. The van der Waals surface area contributed by atoms with Crippen LogP contribution in [-0.2, 0) is 28.7 Å². The van der Waals surface area contributed by atoms with E-state index >= 15 is 0 Å². The van der Waals surface area contributed by atoms with Gasteiger partial charge in [-0.05, 0) is 35.7 Å². The van der Waals surface area contributed by atoms with Crippen molar-refractivity contribution in [3.05, 3.63) is 65.2 Å². The fraction of sp³-hybridized carbons (Fsp3) is 0.300. The molecule has 0 spiro atoms. The van der Waals surface area contributed by atoms with Crippen LogP contribution in [0.3, 0.4) is 0 Å². The predicted octanol–water partition coefficient (Wildman–Crippen LogP) is 3.69. The molecule has 142 valence electrons. The summed E-state index contributed by atoms with van der Waals surface area (Å²) in [6, 6.07) is 12.1. The van der Waals surface area contributed by atoms with E-state index in [1.165, 1.54) is 12.1 Å². The molecule has 4 nitrogen and oxygen atoms in total. The summed E-state index contributed by atoms with van der Waals surface area (Å²) in [5.41, 5.74) is 1.23. The Morgan fingerprint density at radius 1 is 1.07 bits per heavy atom. The number of halogens is 3. The van der Waals surface area contributed by atoms with Crippen molar-refractivity contribution in [2.24, 2.45) is 0 Å². The minimum absolute atomic E-state index is 0.108. The molecule has 1 aliphatic rings. The first kappa shape index (κ1) is 18.9. The van der Waals surface area contributed by atoms with Crippen molar-refractivity contribution in [2.45, 2.75) is 32.0 Å². The molecule has 27 heavy (non-hydrogen) atoms. The minimum Gasteiger partial charge on any atom is -0.352 e. The summed E-state index contributed by atoms with van der Waals surface area (Å²) in [4.78, 5) is 25.5. The first-order chi connectivity index (χ1) is 12.8.